The quantitative estimate of drug-likeness (QED) is 0.342. The van der Waals surface area contributed by atoms with Gasteiger partial charge in [-0.15, -0.1) is 9.24 Å². The highest BCUT2D eigenvalue weighted by Gasteiger charge is 1.51. The van der Waals surface area contributed by atoms with Gasteiger partial charge in [0.1, 0.15) is 0 Å². The van der Waals surface area contributed by atoms with Crippen molar-refractivity contribution in [2.45, 2.75) is 0 Å². The molecule has 0 aliphatic rings. The SMILES string of the molecule is CN=C=NCP. The summed E-state index contributed by atoms with van der Waals surface area (Å²) in [6.07, 6.45) is 0.692. The second-order valence-electron chi connectivity index (χ2n) is 0.664. The number of aliphatic imine (C=N–C) groups is 2. The molecule has 0 amide bonds. The van der Waals surface area contributed by atoms with Gasteiger partial charge in [-0.1, -0.05) is 0 Å². The zero-order valence-electron chi connectivity index (χ0n) is 3.68. The van der Waals surface area contributed by atoms with Crippen LogP contribution in [0.3, 0.4) is 0 Å². The van der Waals surface area contributed by atoms with E-state index in [1.54, 1.807) is 7.05 Å². The van der Waals surface area contributed by atoms with Gasteiger partial charge in [0.25, 0.3) is 0 Å². The standard InChI is InChI=1S/C3H7N2P/c1-4-2-5-3-6/h3,6H2,1H3. The van der Waals surface area contributed by atoms with Gasteiger partial charge < -0.3 is 0 Å². The van der Waals surface area contributed by atoms with Crippen LogP contribution in [0.2, 0.25) is 0 Å². The molecule has 0 bridgehead atoms. The normalized spacial score (nSPS) is 6.33. The molecule has 3 heteroatoms. The van der Waals surface area contributed by atoms with Crippen molar-refractivity contribution < 1.29 is 0 Å². The molecule has 0 aromatic rings. The minimum Gasteiger partial charge on any atom is -0.229 e. The maximum absolute atomic E-state index is 3.64. The molecule has 0 heterocycles. The predicted octanol–water partition coefficient (Wildman–Crippen LogP) is 0.623. The molecule has 34 valence electrons. The first-order valence-electron chi connectivity index (χ1n) is 1.62. The average Bonchev–Trinajstić information content (AvgIpc) is 1.61. The van der Waals surface area contributed by atoms with Gasteiger partial charge in [-0.2, -0.15) is 0 Å². The first-order chi connectivity index (χ1) is 2.91. The molecule has 1 atom stereocenters. The molecule has 0 rings (SSSR count). The molecule has 2 nitrogen and oxygen atoms in total. The molecule has 0 spiro atoms. The van der Waals surface area contributed by atoms with Crippen molar-refractivity contribution in [1.29, 1.82) is 0 Å². The first kappa shape index (κ1) is 5.81. The monoisotopic (exact) mass is 102 g/mol. The van der Waals surface area contributed by atoms with Crippen LogP contribution in [-0.2, 0) is 0 Å². The third-order valence-electron chi connectivity index (χ3n) is 0.262. The van der Waals surface area contributed by atoms with Gasteiger partial charge in [-0.05, 0) is 0 Å². The smallest absolute Gasteiger partial charge is 0.0893 e. The van der Waals surface area contributed by atoms with E-state index in [-0.39, 0.29) is 0 Å². The molecular formula is C3H7N2P. The Morgan fingerprint density at radius 3 is 2.67 bits per heavy atom. The van der Waals surface area contributed by atoms with E-state index in [9.17, 15) is 0 Å². The molecule has 0 aliphatic carbocycles. The number of rotatable bonds is 1. The van der Waals surface area contributed by atoms with E-state index in [0.717, 1.165) is 0 Å². The van der Waals surface area contributed by atoms with Crippen molar-refractivity contribution in [3.8, 4) is 0 Å². The van der Waals surface area contributed by atoms with E-state index in [1.807, 2.05) is 0 Å². The van der Waals surface area contributed by atoms with E-state index in [0.29, 0.717) is 6.29 Å². The van der Waals surface area contributed by atoms with Gasteiger partial charge in [0.05, 0.1) is 12.3 Å². The van der Waals surface area contributed by atoms with Crippen LogP contribution in [0, 0.1) is 0 Å². The molecule has 0 saturated heterocycles. The topological polar surface area (TPSA) is 24.7 Å². The fourth-order valence-corrected chi connectivity index (χ4v) is 0.193. The van der Waals surface area contributed by atoms with Crippen LogP contribution in [-0.4, -0.2) is 19.3 Å². The fourth-order valence-electron chi connectivity index (χ4n) is 0.112. The highest BCUT2D eigenvalue weighted by Crippen LogP contribution is 1.74. The number of hydrogen-bond donors (Lipinski definition) is 0. The van der Waals surface area contributed by atoms with Crippen molar-refractivity contribution in [2.24, 2.45) is 9.98 Å². The molecule has 0 saturated carbocycles. The van der Waals surface area contributed by atoms with Crippen LogP contribution in [0.5, 0.6) is 0 Å². The van der Waals surface area contributed by atoms with E-state index in [4.69, 9.17) is 0 Å². The summed E-state index contributed by atoms with van der Waals surface area (Å²) in [4.78, 5) is 7.13. The van der Waals surface area contributed by atoms with E-state index < -0.39 is 0 Å². The lowest BCUT2D eigenvalue weighted by Crippen LogP contribution is -1.55. The van der Waals surface area contributed by atoms with Crippen LogP contribution >= 0.6 is 9.24 Å². The van der Waals surface area contributed by atoms with Crippen LogP contribution in [0.15, 0.2) is 9.98 Å². The third kappa shape index (κ3) is 3.81. The van der Waals surface area contributed by atoms with Gasteiger partial charge in [0.15, 0.2) is 0 Å². The van der Waals surface area contributed by atoms with Crippen LogP contribution in [0.1, 0.15) is 0 Å². The zero-order chi connectivity index (χ0) is 4.83. The molecule has 0 aliphatic heterocycles. The van der Waals surface area contributed by atoms with Gasteiger partial charge in [-0.3, -0.25) is 0 Å². The minimum atomic E-state index is 0.692. The van der Waals surface area contributed by atoms with Crippen molar-refractivity contribution in [2.75, 3.05) is 13.3 Å². The van der Waals surface area contributed by atoms with Gasteiger partial charge in [-0.25, -0.2) is 9.98 Å². The molecular weight excluding hydrogens is 95.0 g/mol. The number of hydrogen-bond acceptors (Lipinski definition) is 2. The number of nitrogens with zero attached hydrogens (tertiary/aromatic N) is 2. The Kier molecular flexibility index (Phi) is 4.66. The Morgan fingerprint density at radius 2 is 2.50 bits per heavy atom. The van der Waals surface area contributed by atoms with Crippen LogP contribution < -0.4 is 0 Å². The van der Waals surface area contributed by atoms with Gasteiger partial charge >= 0.3 is 0 Å². The molecule has 0 N–H and O–H groups in total. The lowest BCUT2D eigenvalue weighted by molar-refractivity contribution is 1.37. The van der Waals surface area contributed by atoms with Crippen molar-refractivity contribution in [1.82, 2.24) is 0 Å². The van der Waals surface area contributed by atoms with E-state index >= 15 is 0 Å². The minimum absolute atomic E-state index is 0.692. The third-order valence-corrected chi connectivity index (χ3v) is 0.445. The second-order valence-corrected chi connectivity index (χ2v) is 1.03. The summed E-state index contributed by atoms with van der Waals surface area (Å²) in [7, 11) is 4.08. The van der Waals surface area contributed by atoms with Crippen LogP contribution in [0.4, 0.5) is 0 Å². The molecule has 0 radical (unpaired) electrons. The van der Waals surface area contributed by atoms with Crippen molar-refractivity contribution in [3.63, 3.8) is 0 Å². The predicted molar refractivity (Wildman–Crippen MR) is 30.4 cm³/mol. The van der Waals surface area contributed by atoms with Crippen LogP contribution in [0.25, 0.3) is 0 Å². The highest BCUT2D eigenvalue weighted by atomic mass is 31.0. The fraction of sp³-hybridized carbons (Fsp3) is 0.667. The zero-order valence-corrected chi connectivity index (χ0v) is 4.83. The summed E-state index contributed by atoms with van der Waals surface area (Å²) >= 11 is 0. The summed E-state index contributed by atoms with van der Waals surface area (Å²) < 4.78 is 0. The summed E-state index contributed by atoms with van der Waals surface area (Å²) in [5.41, 5.74) is 0. The molecule has 0 aromatic carbocycles. The Hall–Kier alpha value is -0.190. The van der Waals surface area contributed by atoms with Gasteiger partial charge in [0.2, 0.25) is 0 Å². The lowest BCUT2D eigenvalue weighted by Gasteiger charge is -1.63. The summed E-state index contributed by atoms with van der Waals surface area (Å²) in [5, 5.41) is 0. The highest BCUT2D eigenvalue weighted by molar-refractivity contribution is 7.16. The Bertz CT molecular complexity index is 72.9. The average molecular weight is 102 g/mol. The maximum atomic E-state index is 3.64. The first-order valence-corrected chi connectivity index (χ1v) is 2.44. The van der Waals surface area contributed by atoms with Gasteiger partial charge in [0, 0.05) is 7.05 Å². The summed E-state index contributed by atoms with van der Waals surface area (Å²) in [6.45, 7) is 0. The molecule has 1 unspecified atom stereocenters. The second kappa shape index (κ2) is 4.81. The lowest BCUT2D eigenvalue weighted by atomic mass is 11.3. The maximum Gasteiger partial charge on any atom is 0.0893 e. The Morgan fingerprint density at radius 1 is 1.83 bits per heavy atom. The van der Waals surface area contributed by atoms with Crippen molar-refractivity contribution >= 4 is 15.2 Å². The Balaban J connectivity index is 3.18. The van der Waals surface area contributed by atoms with Crippen molar-refractivity contribution in [3.05, 3.63) is 0 Å². The summed E-state index contributed by atoms with van der Waals surface area (Å²) in [6, 6.07) is 2.43. The molecule has 6 heavy (non-hydrogen) atoms. The van der Waals surface area contributed by atoms with E-state index in [2.05, 4.69) is 25.2 Å². The molecule has 0 fully saturated rings. The van der Waals surface area contributed by atoms with E-state index in [1.165, 1.54) is 0 Å². The Labute approximate surface area is 39.6 Å². The largest absolute Gasteiger partial charge is 0.229 e. The summed E-state index contributed by atoms with van der Waals surface area (Å²) in [5.74, 6) is 0. The molecule has 0 aromatic heterocycles.